The van der Waals surface area contributed by atoms with E-state index in [0.717, 1.165) is 0 Å². The van der Waals surface area contributed by atoms with Crippen LogP contribution in [0.3, 0.4) is 0 Å². The van der Waals surface area contributed by atoms with Gasteiger partial charge in [0.1, 0.15) is 0 Å². The van der Waals surface area contributed by atoms with Gasteiger partial charge in [0.25, 0.3) is 0 Å². The van der Waals surface area contributed by atoms with Crippen molar-refractivity contribution in [1.82, 2.24) is 0 Å². The average molecular weight is 220 g/mol. The van der Waals surface area contributed by atoms with Gasteiger partial charge in [-0.2, -0.15) is 8.42 Å². The van der Waals surface area contributed by atoms with Crippen LogP contribution in [-0.4, -0.2) is 46.9 Å². The normalized spacial score (nSPS) is 6.85. The van der Waals surface area contributed by atoms with Crippen LogP contribution < -0.4 is 0 Å². The fraction of sp³-hybridized carbons (Fsp3) is 0.333. The van der Waals surface area contributed by atoms with Crippen LogP contribution in [0.1, 0.15) is 0 Å². The maximum absolute atomic E-state index is 9.68. The molecule has 10 heteroatoms. The van der Waals surface area contributed by atoms with Crippen LogP contribution in [0.5, 0.6) is 0 Å². The molecule has 0 saturated heterocycles. The molecule has 0 heterocycles. The summed E-state index contributed by atoms with van der Waals surface area (Å²) in [6.45, 7) is 2.97. The van der Waals surface area contributed by atoms with E-state index in [-0.39, 0.29) is 48.0 Å². The van der Waals surface area contributed by atoms with Crippen LogP contribution in [0.15, 0.2) is 12.7 Å². The molecule has 0 aliphatic rings. The van der Waals surface area contributed by atoms with E-state index in [1.807, 2.05) is 0 Å². The molecule has 0 radical (unpaired) electrons. The fourth-order valence-electron chi connectivity index (χ4n) is 0.134. The second-order valence-electron chi connectivity index (χ2n) is 1.00. The zero-order valence-corrected chi connectivity index (χ0v) is 6.11. The number of hydrogen-bond donors (Lipinski definition) is 1. The van der Waals surface area contributed by atoms with Gasteiger partial charge in [0.05, 0.1) is 15.0 Å². The van der Waals surface area contributed by atoms with Crippen molar-refractivity contribution in [2.45, 2.75) is 0 Å². The third-order valence-corrected chi connectivity index (χ3v) is 0.769. The Kier molecular flexibility index (Phi) is 52.7. The van der Waals surface area contributed by atoms with Crippen molar-refractivity contribution >= 4 is 37.7 Å². The standard InChI is InChI=1S/C3H6O4S.BH3.3FH.Li.H/c1-2-3-7-8(4,5)6;;;;;;/h2H,1,3H2,(H,4,5,6);1H3;3*1H;;. The van der Waals surface area contributed by atoms with E-state index in [1.54, 1.807) is 0 Å². The monoisotopic (exact) mass is 220 g/mol. The zero-order valence-electron chi connectivity index (χ0n) is 5.30. The van der Waals surface area contributed by atoms with Crippen molar-refractivity contribution in [2.24, 2.45) is 0 Å². The van der Waals surface area contributed by atoms with Gasteiger partial charge in [-0.3, -0.25) is 18.7 Å². The molecule has 0 rings (SSSR count). The first-order chi connectivity index (χ1) is 3.56. The van der Waals surface area contributed by atoms with E-state index >= 15 is 0 Å². The van der Waals surface area contributed by atoms with Gasteiger partial charge in [0.15, 0.2) is 0 Å². The summed E-state index contributed by atoms with van der Waals surface area (Å²) in [7, 11) is -4.26. The Balaban J connectivity index is -0.0000000245. The molecule has 0 saturated carbocycles. The summed E-state index contributed by atoms with van der Waals surface area (Å²) in [5, 5.41) is 0. The quantitative estimate of drug-likeness (QED) is 0.361. The van der Waals surface area contributed by atoms with E-state index < -0.39 is 10.4 Å². The van der Waals surface area contributed by atoms with Gasteiger partial charge in [-0.25, -0.2) is 4.18 Å². The molecule has 1 N–H and O–H groups in total. The van der Waals surface area contributed by atoms with Crippen LogP contribution in [0.4, 0.5) is 14.1 Å². The van der Waals surface area contributed by atoms with Crippen molar-refractivity contribution in [2.75, 3.05) is 6.61 Å². The van der Waals surface area contributed by atoms with Crippen molar-refractivity contribution < 1.29 is 31.3 Å². The number of hydrogen-bond acceptors (Lipinski definition) is 3. The Morgan fingerprint density at radius 3 is 1.69 bits per heavy atom. The number of rotatable bonds is 3. The van der Waals surface area contributed by atoms with Gasteiger partial charge in [-0.05, 0) is 0 Å². The predicted octanol–water partition coefficient (Wildman–Crippen LogP) is -1.38. The van der Waals surface area contributed by atoms with Crippen LogP contribution in [0.2, 0.25) is 0 Å². The van der Waals surface area contributed by atoms with Gasteiger partial charge in [-0.1, -0.05) is 6.08 Å². The van der Waals surface area contributed by atoms with Gasteiger partial charge >= 0.3 is 29.3 Å². The van der Waals surface area contributed by atoms with E-state index in [1.165, 1.54) is 6.08 Å². The molecule has 0 atom stereocenters. The Morgan fingerprint density at radius 1 is 1.31 bits per heavy atom. The molecule has 0 aromatic carbocycles. The minimum atomic E-state index is -4.26. The molecule has 4 nitrogen and oxygen atoms in total. The SMILES string of the molecule is B.C=CCOS(=O)(=O)O.F.F.F.[LiH]. The van der Waals surface area contributed by atoms with Crippen LogP contribution in [0.25, 0.3) is 0 Å². The molecule has 0 bridgehead atoms. The summed E-state index contributed by atoms with van der Waals surface area (Å²) in [4.78, 5) is 0. The van der Waals surface area contributed by atoms with Crippen molar-refractivity contribution in [1.29, 1.82) is 0 Å². The Hall–Kier alpha value is 0.0623. The summed E-state index contributed by atoms with van der Waals surface area (Å²) >= 11 is 0. The minimum absolute atomic E-state index is 0. The molecular weight excluding hydrogens is 207 g/mol. The Labute approximate surface area is 88.5 Å². The van der Waals surface area contributed by atoms with Crippen molar-refractivity contribution in [3.8, 4) is 0 Å². The summed E-state index contributed by atoms with van der Waals surface area (Å²) in [6.07, 6.45) is 1.22. The molecule has 0 spiro atoms. The van der Waals surface area contributed by atoms with Gasteiger partial charge in [0.2, 0.25) is 0 Å². The molecule has 0 aromatic heterocycles. The molecule has 0 unspecified atom stereocenters. The van der Waals surface area contributed by atoms with Gasteiger partial charge < -0.3 is 0 Å². The average Bonchev–Trinajstić information content (AvgIpc) is 1.59. The van der Waals surface area contributed by atoms with E-state index in [0.29, 0.717) is 0 Å². The second-order valence-corrected chi connectivity index (χ2v) is 2.09. The third kappa shape index (κ3) is 47.7. The van der Waals surface area contributed by atoms with E-state index in [9.17, 15) is 8.42 Å². The Morgan fingerprint density at radius 2 is 1.62 bits per heavy atom. The molecule has 80 valence electrons. The van der Waals surface area contributed by atoms with Crippen LogP contribution in [0, 0.1) is 0 Å². The van der Waals surface area contributed by atoms with E-state index in [4.69, 9.17) is 4.55 Å². The zero-order chi connectivity index (χ0) is 6.62. The summed E-state index contributed by atoms with van der Waals surface area (Å²) in [5.74, 6) is 0. The topological polar surface area (TPSA) is 63.6 Å². The third-order valence-electron chi connectivity index (χ3n) is 0.335. The molecule has 0 aliphatic heterocycles. The maximum atomic E-state index is 9.68. The first-order valence-electron chi connectivity index (χ1n) is 1.79. The molecule has 0 fully saturated rings. The van der Waals surface area contributed by atoms with Crippen molar-refractivity contribution in [3.63, 3.8) is 0 Å². The first-order valence-corrected chi connectivity index (χ1v) is 3.15. The van der Waals surface area contributed by atoms with Gasteiger partial charge in [-0.15, -0.1) is 6.58 Å². The molecule has 13 heavy (non-hydrogen) atoms. The second kappa shape index (κ2) is 18.0. The Bertz CT molecular complexity index is 175. The molecule has 0 aromatic rings. The van der Waals surface area contributed by atoms with Crippen molar-refractivity contribution in [3.05, 3.63) is 12.7 Å². The molecular formula is C3H13BF3LiO4S. The number of halogens is 3. The van der Waals surface area contributed by atoms with Crippen LogP contribution in [-0.2, 0) is 14.6 Å². The summed E-state index contributed by atoms with van der Waals surface area (Å²) in [5.41, 5.74) is 0. The molecule has 0 aliphatic carbocycles. The summed E-state index contributed by atoms with van der Waals surface area (Å²) in [6, 6.07) is 0. The van der Waals surface area contributed by atoms with Crippen LogP contribution >= 0.6 is 0 Å². The summed E-state index contributed by atoms with van der Waals surface area (Å²) < 4.78 is 31.0. The van der Waals surface area contributed by atoms with E-state index in [2.05, 4.69) is 10.8 Å². The van der Waals surface area contributed by atoms with Gasteiger partial charge in [0, 0.05) is 0 Å². The molecule has 0 amide bonds. The fourth-order valence-corrected chi connectivity index (χ4v) is 0.402. The first kappa shape index (κ1) is 38.1. The predicted molar refractivity (Wildman–Crippen MR) is 52.3 cm³/mol.